The highest BCUT2D eigenvalue weighted by atomic mass is 19.4. The van der Waals surface area contributed by atoms with Gasteiger partial charge in [0.05, 0.1) is 18.8 Å². The highest BCUT2D eigenvalue weighted by molar-refractivity contribution is 5.56. The molecule has 1 aromatic rings. The van der Waals surface area contributed by atoms with Crippen molar-refractivity contribution in [3.63, 3.8) is 0 Å². The van der Waals surface area contributed by atoms with E-state index < -0.39 is 11.7 Å². The van der Waals surface area contributed by atoms with E-state index in [2.05, 4.69) is 0 Å². The van der Waals surface area contributed by atoms with Gasteiger partial charge in [0.25, 0.3) is 0 Å². The summed E-state index contributed by atoms with van der Waals surface area (Å²) in [6.07, 6.45) is -4.31. The molecule has 94 valence electrons. The molecule has 0 spiro atoms. The largest absolute Gasteiger partial charge is 0.418 e. The molecule has 0 aliphatic carbocycles. The van der Waals surface area contributed by atoms with Crippen LogP contribution in [-0.4, -0.2) is 26.3 Å². The van der Waals surface area contributed by atoms with Crippen LogP contribution in [0, 0.1) is 6.92 Å². The smallest absolute Gasteiger partial charge is 0.378 e. The van der Waals surface area contributed by atoms with Crippen molar-refractivity contribution in [1.29, 1.82) is 0 Å². The van der Waals surface area contributed by atoms with E-state index in [1.807, 2.05) is 0 Å². The Morgan fingerprint density at radius 2 is 1.82 bits per heavy atom. The van der Waals surface area contributed by atoms with E-state index in [4.69, 9.17) is 4.74 Å². The first-order chi connectivity index (χ1) is 7.98. The molecule has 0 aromatic heterocycles. The summed E-state index contributed by atoms with van der Waals surface area (Å²) in [7, 11) is 0. The van der Waals surface area contributed by atoms with E-state index in [1.165, 1.54) is 6.07 Å². The molecule has 1 aliphatic rings. The Hall–Kier alpha value is -1.23. The number of hydrogen-bond acceptors (Lipinski definition) is 2. The Morgan fingerprint density at radius 1 is 1.18 bits per heavy atom. The average molecular weight is 245 g/mol. The maximum Gasteiger partial charge on any atom is 0.418 e. The van der Waals surface area contributed by atoms with Gasteiger partial charge in [-0.1, -0.05) is 11.6 Å². The van der Waals surface area contributed by atoms with Gasteiger partial charge in [-0.05, 0) is 19.1 Å². The number of rotatable bonds is 1. The fourth-order valence-corrected chi connectivity index (χ4v) is 1.96. The summed E-state index contributed by atoms with van der Waals surface area (Å²) in [5.74, 6) is 0. The third-order valence-electron chi connectivity index (χ3n) is 2.81. The van der Waals surface area contributed by atoms with Gasteiger partial charge in [-0.15, -0.1) is 0 Å². The Morgan fingerprint density at radius 3 is 2.41 bits per heavy atom. The van der Waals surface area contributed by atoms with Crippen LogP contribution in [0.15, 0.2) is 18.2 Å². The molecule has 0 atom stereocenters. The first-order valence-corrected chi connectivity index (χ1v) is 5.49. The van der Waals surface area contributed by atoms with Crippen molar-refractivity contribution in [1.82, 2.24) is 0 Å². The number of hydrogen-bond donors (Lipinski definition) is 0. The minimum Gasteiger partial charge on any atom is -0.378 e. The van der Waals surface area contributed by atoms with Gasteiger partial charge in [0, 0.05) is 18.8 Å². The monoisotopic (exact) mass is 245 g/mol. The number of benzene rings is 1. The normalized spacial score (nSPS) is 17.3. The molecule has 0 unspecified atom stereocenters. The first-order valence-electron chi connectivity index (χ1n) is 5.49. The Balaban J connectivity index is 2.38. The topological polar surface area (TPSA) is 12.5 Å². The first kappa shape index (κ1) is 12.2. The van der Waals surface area contributed by atoms with Crippen molar-refractivity contribution in [2.45, 2.75) is 13.1 Å². The SMILES string of the molecule is Cc1ccc(N2CCOCC2)c(C(F)(F)F)c1. The second kappa shape index (κ2) is 4.56. The minimum atomic E-state index is -4.31. The van der Waals surface area contributed by atoms with Crippen LogP contribution in [-0.2, 0) is 10.9 Å². The highest BCUT2D eigenvalue weighted by Crippen LogP contribution is 2.37. The molecule has 0 radical (unpaired) electrons. The maximum atomic E-state index is 12.9. The van der Waals surface area contributed by atoms with Crippen LogP contribution in [0.5, 0.6) is 0 Å². The molecular formula is C12H14F3NO. The summed E-state index contributed by atoms with van der Waals surface area (Å²) >= 11 is 0. The molecule has 1 fully saturated rings. The standard InChI is InChI=1S/C12H14F3NO/c1-9-2-3-11(10(8-9)12(13,14)15)16-4-6-17-7-5-16/h2-3,8H,4-7H2,1H3. The lowest BCUT2D eigenvalue weighted by Gasteiger charge is -2.31. The number of nitrogens with zero attached hydrogens (tertiary/aromatic N) is 1. The van der Waals surface area contributed by atoms with Gasteiger partial charge in [0.15, 0.2) is 0 Å². The van der Waals surface area contributed by atoms with E-state index in [0.717, 1.165) is 0 Å². The number of ether oxygens (including phenoxy) is 1. The number of anilines is 1. The van der Waals surface area contributed by atoms with E-state index >= 15 is 0 Å². The average Bonchev–Trinajstić information content (AvgIpc) is 2.29. The highest BCUT2D eigenvalue weighted by Gasteiger charge is 2.35. The lowest BCUT2D eigenvalue weighted by Crippen LogP contribution is -2.37. The molecule has 1 aromatic carbocycles. The van der Waals surface area contributed by atoms with Gasteiger partial charge >= 0.3 is 6.18 Å². The number of halogens is 3. The van der Waals surface area contributed by atoms with Crippen molar-refractivity contribution in [3.8, 4) is 0 Å². The van der Waals surface area contributed by atoms with Crippen LogP contribution in [0.2, 0.25) is 0 Å². The predicted octanol–water partition coefficient (Wildman–Crippen LogP) is 2.85. The van der Waals surface area contributed by atoms with Crippen molar-refractivity contribution in [3.05, 3.63) is 29.3 Å². The molecule has 1 heterocycles. The number of alkyl halides is 3. The quantitative estimate of drug-likeness (QED) is 0.754. The lowest BCUT2D eigenvalue weighted by molar-refractivity contribution is -0.137. The van der Waals surface area contributed by atoms with Gasteiger partial charge in [-0.2, -0.15) is 13.2 Å². The molecule has 2 rings (SSSR count). The van der Waals surface area contributed by atoms with Crippen molar-refractivity contribution in [2.24, 2.45) is 0 Å². The van der Waals surface area contributed by atoms with Gasteiger partial charge in [-0.25, -0.2) is 0 Å². The van der Waals surface area contributed by atoms with E-state index in [-0.39, 0.29) is 5.69 Å². The molecular weight excluding hydrogens is 231 g/mol. The molecule has 17 heavy (non-hydrogen) atoms. The fourth-order valence-electron chi connectivity index (χ4n) is 1.96. The van der Waals surface area contributed by atoms with Crippen LogP contribution < -0.4 is 4.90 Å². The van der Waals surface area contributed by atoms with Crippen LogP contribution in [0.4, 0.5) is 18.9 Å². The molecule has 0 bridgehead atoms. The van der Waals surface area contributed by atoms with E-state index in [1.54, 1.807) is 24.0 Å². The van der Waals surface area contributed by atoms with Gasteiger partial charge < -0.3 is 9.64 Å². The number of aryl methyl sites for hydroxylation is 1. The van der Waals surface area contributed by atoms with Crippen molar-refractivity contribution in [2.75, 3.05) is 31.2 Å². The molecule has 0 amide bonds. The zero-order valence-corrected chi connectivity index (χ0v) is 9.55. The summed E-state index contributed by atoms with van der Waals surface area (Å²) in [6.45, 7) is 3.63. The zero-order chi connectivity index (χ0) is 12.5. The third kappa shape index (κ3) is 2.72. The Labute approximate surface area is 98.0 Å². The van der Waals surface area contributed by atoms with E-state index in [9.17, 15) is 13.2 Å². The van der Waals surface area contributed by atoms with Crippen LogP contribution in [0.3, 0.4) is 0 Å². The van der Waals surface area contributed by atoms with Crippen LogP contribution >= 0.6 is 0 Å². The van der Waals surface area contributed by atoms with Crippen LogP contribution in [0.25, 0.3) is 0 Å². The summed E-state index contributed by atoms with van der Waals surface area (Å²) in [4.78, 5) is 1.73. The third-order valence-corrected chi connectivity index (χ3v) is 2.81. The lowest BCUT2D eigenvalue weighted by atomic mass is 10.1. The van der Waals surface area contributed by atoms with Crippen molar-refractivity contribution >= 4 is 5.69 Å². The maximum absolute atomic E-state index is 12.9. The summed E-state index contributed by atoms with van der Waals surface area (Å²) < 4.78 is 43.9. The summed E-state index contributed by atoms with van der Waals surface area (Å²) in [5.41, 5.74) is 0.320. The Kier molecular flexibility index (Phi) is 3.28. The zero-order valence-electron chi connectivity index (χ0n) is 9.55. The van der Waals surface area contributed by atoms with Gasteiger partial charge in [0.2, 0.25) is 0 Å². The second-order valence-electron chi connectivity index (χ2n) is 4.12. The summed E-state index contributed by atoms with van der Waals surface area (Å²) in [6, 6.07) is 4.45. The van der Waals surface area contributed by atoms with Gasteiger partial charge in [-0.3, -0.25) is 0 Å². The molecule has 5 heteroatoms. The molecule has 1 saturated heterocycles. The second-order valence-corrected chi connectivity index (χ2v) is 4.12. The molecule has 0 saturated carbocycles. The molecule has 0 N–H and O–H groups in total. The van der Waals surface area contributed by atoms with Crippen LogP contribution in [0.1, 0.15) is 11.1 Å². The minimum absolute atomic E-state index is 0.256. The summed E-state index contributed by atoms with van der Waals surface area (Å²) in [5, 5.41) is 0. The fraction of sp³-hybridized carbons (Fsp3) is 0.500. The van der Waals surface area contributed by atoms with E-state index in [0.29, 0.717) is 31.9 Å². The molecule has 2 nitrogen and oxygen atoms in total. The van der Waals surface area contributed by atoms with Crippen molar-refractivity contribution < 1.29 is 17.9 Å². The predicted molar refractivity (Wildman–Crippen MR) is 59.2 cm³/mol. The number of morpholine rings is 1. The van der Waals surface area contributed by atoms with Gasteiger partial charge in [0.1, 0.15) is 0 Å². The molecule has 1 aliphatic heterocycles. The Bertz CT molecular complexity index is 397.